The van der Waals surface area contributed by atoms with E-state index in [-0.39, 0.29) is 5.41 Å². The van der Waals surface area contributed by atoms with Crippen molar-refractivity contribution in [3.05, 3.63) is 27.8 Å². The number of halogens is 1. The van der Waals surface area contributed by atoms with Crippen molar-refractivity contribution in [3.63, 3.8) is 0 Å². The van der Waals surface area contributed by atoms with Crippen LogP contribution in [0.15, 0.2) is 6.07 Å². The maximum atomic E-state index is 9.22. The Hall–Kier alpha value is -1.20. The number of hydrogen-bond acceptors (Lipinski definition) is 2. The normalized spacial score (nSPS) is 16.7. The van der Waals surface area contributed by atoms with E-state index in [0.29, 0.717) is 5.02 Å². The Labute approximate surface area is 101 Å². The van der Waals surface area contributed by atoms with E-state index in [1.54, 1.807) is 7.11 Å². The van der Waals surface area contributed by atoms with Gasteiger partial charge in [-0.3, -0.25) is 0 Å². The largest absolute Gasteiger partial charge is 0.495 e. The molecule has 0 unspecified atom stereocenters. The molecule has 0 aromatic heterocycles. The molecular formula is C13H14ClNO. The SMILES string of the molecule is COc1c(C)cc(C2(C#N)CC2)c(C)c1Cl. The van der Waals surface area contributed by atoms with Gasteiger partial charge in [0.1, 0.15) is 5.75 Å². The number of nitrogens with zero attached hydrogens (tertiary/aromatic N) is 1. The van der Waals surface area contributed by atoms with Crippen molar-refractivity contribution in [2.45, 2.75) is 32.1 Å². The van der Waals surface area contributed by atoms with Crippen LogP contribution in [-0.2, 0) is 5.41 Å². The summed E-state index contributed by atoms with van der Waals surface area (Å²) in [6.07, 6.45) is 1.87. The number of methoxy groups -OCH3 is 1. The lowest BCUT2D eigenvalue weighted by molar-refractivity contribution is 0.411. The predicted octanol–water partition coefficient (Wildman–Crippen LogP) is 3.52. The van der Waals surface area contributed by atoms with Gasteiger partial charge >= 0.3 is 0 Å². The van der Waals surface area contributed by atoms with E-state index < -0.39 is 0 Å². The highest BCUT2D eigenvalue weighted by atomic mass is 35.5. The molecule has 0 atom stereocenters. The highest BCUT2D eigenvalue weighted by Crippen LogP contribution is 2.51. The van der Waals surface area contributed by atoms with Crippen molar-refractivity contribution in [1.29, 1.82) is 5.26 Å². The lowest BCUT2D eigenvalue weighted by atomic mass is 9.91. The average molecular weight is 236 g/mol. The first kappa shape index (κ1) is 11.3. The molecule has 1 aromatic carbocycles. The van der Waals surface area contributed by atoms with E-state index in [9.17, 15) is 5.26 Å². The molecule has 1 saturated carbocycles. The molecule has 2 rings (SSSR count). The summed E-state index contributed by atoms with van der Waals surface area (Å²) in [6, 6.07) is 4.44. The smallest absolute Gasteiger partial charge is 0.140 e. The Morgan fingerprint density at radius 2 is 2.06 bits per heavy atom. The van der Waals surface area contributed by atoms with Gasteiger partial charge in [0.2, 0.25) is 0 Å². The Bertz CT molecular complexity index is 484. The fraction of sp³-hybridized carbons (Fsp3) is 0.462. The Morgan fingerprint density at radius 1 is 1.44 bits per heavy atom. The minimum atomic E-state index is -0.287. The molecule has 0 heterocycles. The standard InChI is InChI=1S/C13H14ClNO/c1-8-6-10(13(7-15)4-5-13)9(2)11(14)12(8)16-3/h6H,4-5H2,1-3H3. The molecule has 0 bridgehead atoms. The van der Waals surface area contributed by atoms with Crippen LogP contribution in [0.2, 0.25) is 5.02 Å². The second-order valence-corrected chi connectivity index (χ2v) is 4.79. The van der Waals surface area contributed by atoms with Gasteiger partial charge in [0.15, 0.2) is 0 Å². The highest BCUT2D eigenvalue weighted by molar-refractivity contribution is 6.33. The second-order valence-electron chi connectivity index (χ2n) is 4.41. The van der Waals surface area contributed by atoms with Crippen LogP contribution in [-0.4, -0.2) is 7.11 Å². The zero-order valence-electron chi connectivity index (χ0n) is 9.72. The topological polar surface area (TPSA) is 33.0 Å². The Balaban J connectivity index is 2.62. The molecule has 1 aromatic rings. The lowest BCUT2D eigenvalue weighted by Crippen LogP contribution is -2.07. The van der Waals surface area contributed by atoms with Gasteiger partial charge in [-0.2, -0.15) is 5.26 Å². The molecule has 1 aliphatic carbocycles. The molecule has 1 aliphatic rings. The van der Waals surface area contributed by atoms with Gasteiger partial charge in [-0.15, -0.1) is 0 Å². The summed E-state index contributed by atoms with van der Waals surface area (Å²) in [6.45, 7) is 3.91. The fourth-order valence-electron chi connectivity index (χ4n) is 2.17. The maximum Gasteiger partial charge on any atom is 0.140 e. The van der Waals surface area contributed by atoms with Crippen LogP contribution in [0.3, 0.4) is 0 Å². The van der Waals surface area contributed by atoms with Gasteiger partial charge in [-0.1, -0.05) is 17.7 Å². The quantitative estimate of drug-likeness (QED) is 0.786. The van der Waals surface area contributed by atoms with E-state index in [1.807, 2.05) is 19.9 Å². The summed E-state index contributed by atoms with van der Waals surface area (Å²) in [5, 5.41) is 9.86. The van der Waals surface area contributed by atoms with E-state index in [1.165, 1.54) is 0 Å². The summed E-state index contributed by atoms with van der Waals surface area (Å²) >= 11 is 6.26. The van der Waals surface area contributed by atoms with Crippen molar-refractivity contribution in [2.24, 2.45) is 0 Å². The van der Waals surface area contributed by atoms with Gasteiger partial charge < -0.3 is 4.74 Å². The molecule has 84 valence electrons. The zero-order chi connectivity index (χ0) is 11.9. The van der Waals surface area contributed by atoms with E-state index in [4.69, 9.17) is 16.3 Å². The van der Waals surface area contributed by atoms with Crippen LogP contribution in [0.4, 0.5) is 0 Å². The summed E-state index contributed by atoms with van der Waals surface area (Å²) in [5.41, 5.74) is 2.75. The van der Waals surface area contributed by atoms with Crippen LogP contribution in [0.25, 0.3) is 0 Å². The van der Waals surface area contributed by atoms with Crippen molar-refractivity contribution < 1.29 is 4.74 Å². The van der Waals surface area contributed by atoms with Crippen LogP contribution in [0.5, 0.6) is 5.75 Å². The third-order valence-corrected chi connectivity index (χ3v) is 3.79. The molecule has 16 heavy (non-hydrogen) atoms. The maximum absolute atomic E-state index is 9.22. The Morgan fingerprint density at radius 3 is 2.50 bits per heavy atom. The second kappa shape index (κ2) is 3.68. The van der Waals surface area contributed by atoms with Crippen molar-refractivity contribution >= 4 is 11.6 Å². The van der Waals surface area contributed by atoms with Crippen molar-refractivity contribution in [3.8, 4) is 11.8 Å². The summed E-state index contributed by atoms with van der Waals surface area (Å²) in [4.78, 5) is 0. The molecule has 0 radical (unpaired) electrons. The molecule has 2 nitrogen and oxygen atoms in total. The third kappa shape index (κ3) is 1.47. The molecule has 0 aliphatic heterocycles. The monoisotopic (exact) mass is 235 g/mol. The summed E-state index contributed by atoms with van der Waals surface area (Å²) in [7, 11) is 1.62. The van der Waals surface area contributed by atoms with Crippen LogP contribution >= 0.6 is 11.6 Å². The van der Waals surface area contributed by atoms with Gasteiger partial charge in [0.05, 0.1) is 23.6 Å². The van der Waals surface area contributed by atoms with Crippen molar-refractivity contribution in [2.75, 3.05) is 7.11 Å². The minimum Gasteiger partial charge on any atom is -0.495 e. The van der Waals surface area contributed by atoms with Crippen molar-refractivity contribution in [1.82, 2.24) is 0 Å². The van der Waals surface area contributed by atoms with Gasteiger partial charge in [0.25, 0.3) is 0 Å². The molecule has 0 spiro atoms. The molecular weight excluding hydrogens is 222 g/mol. The molecule has 0 amide bonds. The lowest BCUT2D eigenvalue weighted by Gasteiger charge is -2.16. The third-order valence-electron chi connectivity index (χ3n) is 3.34. The molecule has 1 fully saturated rings. The van der Waals surface area contributed by atoms with Gasteiger partial charge in [0, 0.05) is 0 Å². The van der Waals surface area contributed by atoms with Gasteiger partial charge in [-0.25, -0.2) is 0 Å². The summed E-state index contributed by atoms with van der Waals surface area (Å²) in [5.74, 6) is 0.719. The zero-order valence-corrected chi connectivity index (χ0v) is 10.5. The van der Waals surface area contributed by atoms with Gasteiger partial charge in [-0.05, 0) is 43.4 Å². The van der Waals surface area contributed by atoms with E-state index in [0.717, 1.165) is 35.3 Å². The predicted molar refractivity (Wildman–Crippen MR) is 64.0 cm³/mol. The number of nitriles is 1. The number of benzene rings is 1. The minimum absolute atomic E-state index is 0.287. The number of aryl methyl sites for hydroxylation is 1. The molecule has 0 saturated heterocycles. The first-order chi connectivity index (χ1) is 7.55. The average Bonchev–Trinajstić information content (AvgIpc) is 3.05. The number of rotatable bonds is 2. The summed E-state index contributed by atoms with van der Waals surface area (Å²) < 4.78 is 5.26. The van der Waals surface area contributed by atoms with Crippen LogP contribution in [0, 0.1) is 25.2 Å². The highest BCUT2D eigenvalue weighted by Gasteiger charge is 2.46. The number of hydrogen-bond donors (Lipinski definition) is 0. The first-order valence-electron chi connectivity index (χ1n) is 5.31. The van der Waals surface area contributed by atoms with Crippen LogP contribution < -0.4 is 4.74 Å². The number of ether oxygens (including phenoxy) is 1. The fourth-order valence-corrected chi connectivity index (χ4v) is 2.49. The molecule has 0 N–H and O–H groups in total. The van der Waals surface area contributed by atoms with E-state index >= 15 is 0 Å². The first-order valence-corrected chi connectivity index (χ1v) is 5.69. The molecule has 3 heteroatoms. The Kier molecular flexibility index (Phi) is 2.59. The van der Waals surface area contributed by atoms with Crippen LogP contribution in [0.1, 0.15) is 29.5 Å². The van der Waals surface area contributed by atoms with E-state index in [2.05, 4.69) is 6.07 Å².